The van der Waals surface area contributed by atoms with Gasteiger partial charge in [0.05, 0.1) is 19.8 Å². The van der Waals surface area contributed by atoms with Crippen molar-refractivity contribution in [2.75, 3.05) is 13.7 Å². The predicted molar refractivity (Wildman–Crippen MR) is 59.5 cm³/mol. The van der Waals surface area contributed by atoms with Crippen LogP contribution in [0.3, 0.4) is 0 Å². The van der Waals surface area contributed by atoms with Gasteiger partial charge >= 0.3 is 6.09 Å². The first-order valence-corrected chi connectivity index (χ1v) is 5.37. The van der Waals surface area contributed by atoms with Crippen LogP contribution in [-0.4, -0.2) is 19.8 Å². The maximum atomic E-state index is 11.2. The second-order valence-corrected chi connectivity index (χ2v) is 3.72. The largest absolute Gasteiger partial charge is 0.493 e. The Bertz CT molecular complexity index is 378. The monoisotopic (exact) mass is 221 g/mol. The fourth-order valence-electron chi connectivity index (χ4n) is 1.88. The number of hydrogen-bond acceptors (Lipinski definition) is 3. The van der Waals surface area contributed by atoms with Gasteiger partial charge in [-0.1, -0.05) is 18.2 Å². The Labute approximate surface area is 94.6 Å². The van der Waals surface area contributed by atoms with E-state index in [9.17, 15) is 4.79 Å². The zero-order chi connectivity index (χ0) is 11.4. The van der Waals surface area contributed by atoms with Gasteiger partial charge in [0.1, 0.15) is 5.75 Å². The van der Waals surface area contributed by atoms with E-state index < -0.39 is 6.09 Å². The molecule has 1 aromatic rings. The van der Waals surface area contributed by atoms with E-state index in [0.29, 0.717) is 6.61 Å². The molecule has 1 unspecified atom stereocenters. The number of carbonyl (C=O) groups is 1. The molecule has 1 aromatic carbocycles. The van der Waals surface area contributed by atoms with Crippen LogP contribution in [0, 0.1) is 0 Å². The molecule has 0 spiro atoms. The number of rotatable bonds is 1. The lowest BCUT2D eigenvalue weighted by atomic mass is 10.0. The third-order valence-electron chi connectivity index (χ3n) is 2.67. The average molecular weight is 221 g/mol. The molecule has 0 aliphatic carbocycles. The molecule has 0 saturated carbocycles. The van der Waals surface area contributed by atoms with E-state index in [4.69, 9.17) is 4.74 Å². The standard InChI is InChI=1S/C12H15NO3/c1-15-12(14)13-10-6-4-8-16-11-7-3-2-5-9(10)11/h2-3,5,7,10H,4,6,8H2,1H3,(H,13,14). The zero-order valence-corrected chi connectivity index (χ0v) is 9.23. The molecule has 2 rings (SSSR count). The Kier molecular flexibility index (Phi) is 3.29. The number of alkyl carbamates (subject to hydrolysis) is 1. The first-order chi connectivity index (χ1) is 7.81. The van der Waals surface area contributed by atoms with Crippen LogP contribution in [-0.2, 0) is 4.74 Å². The number of para-hydroxylation sites is 1. The number of methoxy groups -OCH3 is 1. The number of hydrogen-bond donors (Lipinski definition) is 1. The van der Waals surface area contributed by atoms with Crippen LogP contribution in [0.15, 0.2) is 24.3 Å². The smallest absolute Gasteiger partial charge is 0.407 e. The fraction of sp³-hybridized carbons (Fsp3) is 0.417. The summed E-state index contributed by atoms with van der Waals surface area (Å²) in [4.78, 5) is 11.2. The Balaban J connectivity index is 2.22. The van der Waals surface area contributed by atoms with E-state index in [1.54, 1.807) is 0 Å². The summed E-state index contributed by atoms with van der Waals surface area (Å²) in [5.74, 6) is 0.849. The van der Waals surface area contributed by atoms with E-state index in [-0.39, 0.29) is 6.04 Å². The van der Waals surface area contributed by atoms with E-state index in [2.05, 4.69) is 10.1 Å². The maximum Gasteiger partial charge on any atom is 0.407 e. The van der Waals surface area contributed by atoms with Gasteiger partial charge in [0.2, 0.25) is 0 Å². The summed E-state index contributed by atoms with van der Waals surface area (Å²) in [6.45, 7) is 0.691. The van der Waals surface area contributed by atoms with Crippen LogP contribution >= 0.6 is 0 Å². The van der Waals surface area contributed by atoms with Gasteiger partial charge in [-0.3, -0.25) is 0 Å². The van der Waals surface area contributed by atoms with Gasteiger partial charge in [-0.15, -0.1) is 0 Å². The van der Waals surface area contributed by atoms with E-state index in [1.807, 2.05) is 24.3 Å². The normalized spacial score (nSPS) is 18.9. The fourth-order valence-corrected chi connectivity index (χ4v) is 1.88. The van der Waals surface area contributed by atoms with Crippen molar-refractivity contribution < 1.29 is 14.3 Å². The van der Waals surface area contributed by atoms with Crippen molar-refractivity contribution in [3.05, 3.63) is 29.8 Å². The highest BCUT2D eigenvalue weighted by Gasteiger charge is 2.20. The number of carbonyl (C=O) groups excluding carboxylic acids is 1. The van der Waals surface area contributed by atoms with Gasteiger partial charge in [0.15, 0.2) is 0 Å². The molecule has 4 nitrogen and oxygen atoms in total. The van der Waals surface area contributed by atoms with E-state index in [1.165, 1.54) is 7.11 Å². The van der Waals surface area contributed by atoms with Gasteiger partial charge in [-0.2, -0.15) is 0 Å². The SMILES string of the molecule is COC(=O)NC1CCCOc2ccccc21. The Morgan fingerprint density at radius 1 is 1.50 bits per heavy atom. The predicted octanol–water partition coefficient (Wildman–Crippen LogP) is 2.26. The van der Waals surface area contributed by atoms with Crippen LogP contribution in [0.1, 0.15) is 24.4 Å². The summed E-state index contributed by atoms with van der Waals surface area (Å²) in [6, 6.07) is 7.75. The third kappa shape index (κ3) is 2.27. The van der Waals surface area contributed by atoms with Crippen LogP contribution in [0.4, 0.5) is 4.79 Å². The van der Waals surface area contributed by atoms with Crippen molar-refractivity contribution in [3.63, 3.8) is 0 Å². The minimum Gasteiger partial charge on any atom is -0.493 e. The minimum atomic E-state index is -0.401. The summed E-state index contributed by atoms with van der Waals surface area (Å²) in [5, 5.41) is 2.82. The quantitative estimate of drug-likeness (QED) is 0.791. The lowest BCUT2D eigenvalue weighted by Crippen LogP contribution is -2.28. The van der Waals surface area contributed by atoms with Crippen molar-refractivity contribution in [1.29, 1.82) is 0 Å². The number of ether oxygens (including phenoxy) is 2. The second-order valence-electron chi connectivity index (χ2n) is 3.72. The van der Waals surface area contributed by atoms with Crippen LogP contribution < -0.4 is 10.1 Å². The minimum absolute atomic E-state index is 0.0221. The maximum absolute atomic E-state index is 11.2. The van der Waals surface area contributed by atoms with Gasteiger partial charge < -0.3 is 14.8 Å². The van der Waals surface area contributed by atoms with Crippen molar-refractivity contribution in [2.24, 2.45) is 0 Å². The molecule has 1 heterocycles. The molecule has 0 radical (unpaired) electrons. The second kappa shape index (κ2) is 4.88. The van der Waals surface area contributed by atoms with Crippen LogP contribution in [0.2, 0.25) is 0 Å². The molecule has 16 heavy (non-hydrogen) atoms. The average Bonchev–Trinajstić information content (AvgIpc) is 2.52. The molecule has 1 atom stereocenters. The lowest BCUT2D eigenvalue weighted by Gasteiger charge is -2.17. The van der Waals surface area contributed by atoms with Gasteiger partial charge in [-0.05, 0) is 18.9 Å². The molecule has 0 bridgehead atoms. The molecule has 0 aromatic heterocycles. The van der Waals surface area contributed by atoms with E-state index in [0.717, 1.165) is 24.2 Å². The van der Waals surface area contributed by atoms with Crippen molar-refractivity contribution in [1.82, 2.24) is 5.32 Å². The van der Waals surface area contributed by atoms with Crippen LogP contribution in [0.5, 0.6) is 5.75 Å². The molecule has 1 amide bonds. The lowest BCUT2D eigenvalue weighted by molar-refractivity contribution is 0.166. The van der Waals surface area contributed by atoms with Crippen molar-refractivity contribution in [2.45, 2.75) is 18.9 Å². The zero-order valence-electron chi connectivity index (χ0n) is 9.23. The molecular weight excluding hydrogens is 206 g/mol. The molecule has 86 valence electrons. The third-order valence-corrected chi connectivity index (χ3v) is 2.67. The molecule has 4 heteroatoms. The molecule has 1 N–H and O–H groups in total. The Morgan fingerprint density at radius 2 is 2.31 bits per heavy atom. The van der Waals surface area contributed by atoms with Gasteiger partial charge in [-0.25, -0.2) is 4.79 Å². The number of fused-ring (bicyclic) bond motifs is 1. The summed E-state index contributed by atoms with van der Waals surface area (Å²) >= 11 is 0. The van der Waals surface area contributed by atoms with Crippen LogP contribution in [0.25, 0.3) is 0 Å². The number of benzene rings is 1. The van der Waals surface area contributed by atoms with Crippen molar-refractivity contribution in [3.8, 4) is 5.75 Å². The highest BCUT2D eigenvalue weighted by molar-refractivity contribution is 5.68. The summed E-state index contributed by atoms with van der Waals surface area (Å²) in [5.41, 5.74) is 1.02. The molecule has 1 aliphatic heterocycles. The topological polar surface area (TPSA) is 47.6 Å². The van der Waals surface area contributed by atoms with Gasteiger partial charge in [0, 0.05) is 5.56 Å². The first kappa shape index (κ1) is 10.8. The molecule has 0 fully saturated rings. The highest BCUT2D eigenvalue weighted by atomic mass is 16.5. The Hall–Kier alpha value is -1.71. The van der Waals surface area contributed by atoms with Crippen molar-refractivity contribution >= 4 is 6.09 Å². The van der Waals surface area contributed by atoms with E-state index >= 15 is 0 Å². The molecule has 1 aliphatic rings. The number of amides is 1. The summed E-state index contributed by atoms with van der Waals surface area (Å²) in [7, 11) is 1.37. The molecule has 0 saturated heterocycles. The summed E-state index contributed by atoms with van der Waals surface area (Å²) < 4.78 is 10.2. The number of nitrogens with one attached hydrogen (secondary N) is 1. The Morgan fingerprint density at radius 3 is 3.12 bits per heavy atom. The highest BCUT2D eigenvalue weighted by Crippen LogP contribution is 2.30. The van der Waals surface area contributed by atoms with Gasteiger partial charge in [0.25, 0.3) is 0 Å². The molecular formula is C12H15NO3. The summed E-state index contributed by atoms with van der Waals surface area (Å²) in [6.07, 6.45) is 1.39. The first-order valence-electron chi connectivity index (χ1n) is 5.37.